The van der Waals surface area contributed by atoms with Crippen LogP contribution in [0.4, 0.5) is 8.78 Å². The number of methoxy groups -OCH3 is 1. The zero-order valence-corrected chi connectivity index (χ0v) is 14.8. The molecule has 1 heterocycles. The maximum atomic E-state index is 14.3. The van der Waals surface area contributed by atoms with Crippen LogP contribution in [0.1, 0.15) is 38.5 Å². The first-order valence-corrected chi connectivity index (χ1v) is 8.93. The number of carbonyl (C=O) groups is 1. The Morgan fingerprint density at radius 3 is 2.81 bits per heavy atom. The molecule has 1 saturated carbocycles. The smallest absolute Gasteiger partial charge is 0.222 e. The van der Waals surface area contributed by atoms with Crippen molar-refractivity contribution in [2.24, 2.45) is 0 Å². The van der Waals surface area contributed by atoms with E-state index in [1.165, 1.54) is 25.8 Å². The van der Waals surface area contributed by atoms with Gasteiger partial charge in [-0.25, -0.2) is 13.8 Å². The molecule has 0 atom stereocenters. The summed E-state index contributed by atoms with van der Waals surface area (Å²) >= 11 is 0. The van der Waals surface area contributed by atoms with Crippen molar-refractivity contribution in [2.45, 2.75) is 51.1 Å². The van der Waals surface area contributed by atoms with Crippen LogP contribution in [-0.4, -0.2) is 28.6 Å². The van der Waals surface area contributed by atoms with Gasteiger partial charge in [-0.1, -0.05) is 19.3 Å². The Hall–Kier alpha value is -2.44. The summed E-state index contributed by atoms with van der Waals surface area (Å²) in [5.41, 5.74) is -0.0369. The van der Waals surface area contributed by atoms with Gasteiger partial charge in [0.15, 0.2) is 11.6 Å². The minimum absolute atomic E-state index is 0.0369. The van der Waals surface area contributed by atoms with Gasteiger partial charge in [0.05, 0.1) is 12.7 Å². The van der Waals surface area contributed by atoms with E-state index in [0.29, 0.717) is 6.54 Å². The van der Waals surface area contributed by atoms with Crippen molar-refractivity contribution < 1.29 is 18.3 Å². The number of nitrogens with one attached hydrogen (secondary N) is 1. The van der Waals surface area contributed by atoms with Gasteiger partial charge in [0.2, 0.25) is 5.91 Å². The first kappa shape index (κ1) is 18.4. The number of amides is 1. The molecule has 1 N–H and O–H groups in total. The molecule has 3 rings (SSSR count). The molecule has 0 radical (unpaired) electrons. The third-order valence-corrected chi connectivity index (χ3v) is 4.77. The molecule has 1 fully saturated rings. The van der Waals surface area contributed by atoms with Crippen LogP contribution in [0.3, 0.4) is 0 Å². The van der Waals surface area contributed by atoms with Crippen LogP contribution in [0, 0.1) is 11.6 Å². The number of hydrogen-bond donors (Lipinski definition) is 1. The minimum atomic E-state index is -1.01. The Balaban J connectivity index is 1.71. The zero-order valence-electron chi connectivity index (χ0n) is 14.8. The van der Waals surface area contributed by atoms with Crippen LogP contribution in [0.15, 0.2) is 24.5 Å². The van der Waals surface area contributed by atoms with E-state index in [2.05, 4.69) is 10.3 Å². The Labute approximate surface area is 151 Å². The van der Waals surface area contributed by atoms with E-state index >= 15 is 0 Å². The highest BCUT2D eigenvalue weighted by Crippen LogP contribution is 2.33. The fourth-order valence-corrected chi connectivity index (χ4v) is 3.40. The number of halogens is 2. The molecule has 140 valence electrons. The van der Waals surface area contributed by atoms with Crippen molar-refractivity contribution in [3.63, 3.8) is 0 Å². The van der Waals surface area contributed by atoms with Crippen molar-refractivity contribution in [3.05, 3.63) is 36.2 Å². The average Bonchev–Trinajstić information content (AvgIpc) is 3.11. The maximum Gasteiger partial charge on any atom is 0.222 e. The number of nitrogens with zero attached hydrogens (tertiary/aromatic N) is 2. The molecule has 0 spiro atoms. The fourth-order valence-electron chi connectivity index (χ4n) is 3.40. The average molecular weight is 363 g/mol. The molecule has 0 bridgehead atoms. The lowest BCUT2D eigenvalue weighted by molar-refractivity contribution is -0.122. The molecule has 1 aliphatic carbocycles. The first-order valence-electron chi connectivity index (χ1n) is 8.93. The molecule has 0 saturated heterocycles. The summed E-state index contributed by atoms with van der Waals surface area (Å²) in [6.07, 6.45) is 8.96. The van der Waals surface area contributed by atoms with Crippen LogP contribution < -0.4 is 10.1 Å². The highest BCUT2D eigenvalue weighted by atomic mass is 19.2. The third-order valence-electron chi connectivity index (χ3n) is 4.77. The lowest BCUT2D eigenvalue weighted by atomic mass is 9.95. The fraction of sp³-hybridized carbons (Fsp3) is 0.474. The molecule has 1 aromatic carbocycles. The minimum Gasteiger partial charge on any atom is -0.496 e. The Bertz CT molecular complexity index is 770. The third kappa shape index (κ3) is 4.03. The summed E-state index contributed by atoms with van der Waals surface area (Å²) in [7, 11) is 1.39. The quantitative estimate of drug-likeness (QED) is 0.852. The van der Waals surface area contributed by atoms with Gasteiger partial charge in [0.1, 0.15) is 11.6 Å². The molecule has 2 aromatic rings. The second-order valence-corrected chi connectivity index (χ2v) is 6.54. The van der Waals surface area contributed by atoms with Crippen LogP contribution >= 0.6 is 0 Å². The Morgan fingerprint density at radius 2 is 2.08 bits per heavy atom. The monoisotopic (exact) mass is 363 g/mol. The highest BCUT2D eigenvalue weighted by Gasteiger charge is 2.21. The van der Waals surface area contributed by atoms with Crippen molar-refractivity contribution in [1.29, 1.82) is 0 Å². The van der Waals surface area contributed by atoms with Crippen LogP contribution in [0.5, 0.6) is 5.75 Å². The first-order chi connectivity index (χ1) is 12.6. The Kier molecular flexibility index (Phi) is 5.85. The molecule has 0 aliphatic heterocycles. The highest BCUT2D eigenvalue weighted by molar-refractivity contribution is 5.76. The van der Waals surface area contributed by atoms with Crippen molar-refractivity contribution in [2.75, 3.05) is 7.11 Å². The number of aromatic nitrogens is 2. The van der Waals surface area contributed by atoms with E-state index in [1.807, 2.05) is 0 Å². The lowest BCUT2D eigenvalue weighted by Crippen LogP contribution is -2.36. The van der Waals surface area contributed by atoms with E-state index in [-0.39, 0.29) is 35.5 Å². The summed E-state index contributed by atoms with van der Waals surface area (Å²) < 4.78 is 34.8. The standard InChI is InChI=1S/C19H23F2N3O2/c1-26-15-8-7-14(20)18(21)17(15)19-22-10-12-24(19)11-9-16(25)23-13-5-3-2-4-6-13/h7-8,10,12-13H,2-6,9,11H2,1H3,(H,23,25). The number of benzene rings is 1. The lowest BCUT2D eigenvalue weighted by Gasteiger charge is -2.22. The molecule has 0 unspecified atom stereocenters. The summed E-state index contributed by atoms with van der Waals surface area (Å²) in [6, 6.07) is 2.63. The molecule has 7 heteroatoms. The molecule has 5 nitrogen and oxygen atoms in total. The van der Waals surface area contributed by atoms with Gasteiger partial charge in [-0.15, -0.1) is 0 Å². The zero-order chi connectivity index (χ0) is 18.5. The molecule has 1 aromatic heterocycles. The number of imidazole rings is 1. The van der Waals surface area contributed by atoms with Gasteiger partial charge in [0, 0.05) is 31.4 Å². The van der Waals surface area contributed by atoms with Gasteiger partial charge < -0.3 is 14.6 Å². The van der Waals surface area contributed by atoms with Gasteiger partial charge in [0.25, 0.3) is 0 Å². The van der Waals surface area contributed by atoms with Crippen LogP contribution in [0.2, 0.25) is 0 Å². The largest absolute Gasteiger partial charge is 0.496 e. The number of aryl methyl sites for hydroxylation is 1. The van der Waals surface area contributed by atoms with E-state index < -0.39 is 11.6 Å². The molecular weight excluding hydrogens is 340 g/mol. The SMILES string of the molecule is COc1ccc(F)c(F)c1-c1nccn1CCC(=O)NC1CCCCC1. The molecule has 26 heavy (non-hydrogen) atoms. The molecular formula is C19H23F2N3O2. The summed E-state index contributed by atoms with van der Waals surface area (Å²) in [6.45, 7) is 0.326. The van der Waals surface area contributed by atoms with Gasteiger partial charge in [-0.3, -0.25) is 4.79 Å². The summed E-state index contributed by atoms with van der Waals surface area (Å²) in [4.78, 5) is 16.3. The van der Waals surface area contributed by atoms with Crippen LogP contribution in [0.25, 0.3) is 11.4 Å². The molecule has 1 aliphatic rings. The van der Waals surface area contributed by atoms with E-state index in [0.717, 1.165) is 31.7 Å². The second-order valence-electron chi connectivity index (χ2n) is 6.54. The van der Waals surface area contributed by atoms with Crippen molar-refractivity contribution >= 4 is 5.91 Å². The van der Waals surface area contributed by atoms with Gasteiger partial charge in [-0.05, 0) is 25.0 Å². The number of rotatable bonds is 6. The summed E-state index contributed by atoms with van der Waals surface area (Å²) in [5, 5.41) is 3.05. The normalized spacial score (nSPS) is 15.0. The maximum absolute atomic E-state index is 14.3. The van der Waals surface area contributed by atoms with Gasteiger partial charge in [-0.2, -0.15) is 0 Å². The second kappa shape index (κ2) is 8.29. The van der Waals surface area contributed by atoms with Crippen molar-refractivity contribution in [3.8, 4) is 17.1 Å². The topological polar surface area (TPSA) is 56.2 Å². The van der Waals surface area contributed by atoms with Crippen LogP contribution in [-0.2, 0) is 11.3 Å². The Morgan fingerprint density at radius 1 is 1.31 bits per heavy atom. The predicted octanol–water partition coefficient (Wildman–Crippen LogP) is 3.68. The molecule has 1 amide bonds. The van der Waals surface area contributed by atoms with E-state index in [9.17, 15) is 13.6 Å². The number of ether oxygens (including phenoxy) is 1. The summed E-state index contributed by atoms with van der Waals surface area (Å²) in [5.74, 6) is -1.58. The number of hydrogen-bond acceptors (Lipinski definition) is 3. The van der Waals surface area contributed by atoms with Gasteiger partial charge >= 0.3 is 0 Å². The predicted molar refractivity (Wildman–Crippen MR) is 93.8 cm³/mol. The van der Waals surface area contributed by atoms with E-state index in [4.69, 9.17) is 4.74 Å². The van der Waals surface area contributed by atoms with E-state index in [1.54, 1.807) is 10.8 Å². The number of carbonyl (C=O) groups excluding carboxylic acids is 1. The van der Waals surface area contributed by atoms with Crippen molar-refractivity contribution in [1.82, 2.24) is 14.9 Å².